The Bertz CT molecular complexity index is 654. The van der Waals surface area contributed by atoms with Gasteiger partial charge in [0.2, 0.25) is 5.91 Å². The largest absolute Gasteiger partial charge is 0.338 e. The van der Waals surface area contributed by atoms with Gasteiger partial charge in [0.1, 0.15) is 0 Å². The lowest BCUT2D eigenvalue weighted by Crippen LogP contribution is -2.61. The van der Waals surface area contributed by atoms with Crippen molar-refractivity contribution in [2.24, 2.45) is 17.8 Å². The Kier molecular flexibility index (Phi) is 4.82. The first kappa shape index (κ1) is 17.7. The second kappa shape index (κ2) is 7.10. The molecule has 0 saturated heterocycles. The molecular formula is C20H26ClN3O2. The van der Waals surface area contributed by atoms with Crippen LogP contribution in [0.4, 0.5) is 10.5 Å². The van der Waals surface area contributed by atoms with Crippen LogP contribution in [-0.4, -0.2) is 24.0 Å². The Morgan fingerprint density at radius 1 is 1.00 bits per heavy atom. The van der Waals surface area contributed by atoms with E-state index in [2.05, 4.69) is 16.0 Å². The molecule has 4 saturated carbocycles. The van der Waals surface area contributed by atoms with Crippen molar-refractivity contribution in [3.8, 4) is 0 Å². The molecular weight excluding hydrogens is 350 g/mol. The molecule has 0 aromatic heterocycles. The normalized spacial score (nSPS) is 31.5. The number of urea groups is 1. The van der Waals surface area contributed by atoms with Crippen LogP contribution < -0.4 is 16.0 Å². The molecule has 4 fully saturated rings. The van der Waals surface area contributed by atoms with Gasteiger partial charge in [-0.2, -0.15) is 0 Å². The first-order valence-corrected chi connectivity index (χ1v) is 9.99. The summed E-state index contributed by atoms with van der Waals surface area (Å²) in [4.78, 5) is 24.3. The molecule has 0 heterocycles. The van der Waals surface area contributed by atoms with Gasteiger partial charge in [-0.1, -0.05) is 11.6 Å². The van der Waals surface area contributed by atoms with Crippen molar-refractivity contribution in [3.05, 3.63) is 29.3 Å². The zero-order chi connectivity index (χ0) is 18.1. The third kappa shape index (κ3) is 3.98. The summed E-state index contributed by atoms with van der Waals surface area (Å²) in [5.74, 6) is 2.27. The Morgan fingerprint density at radius 2 is 1.58 bits per heavy atom. The summed E-state index contributed by atoms with van der Waals surface area (Å²) in [5.41, 5.74) is 0.710. The molecule has 1 aromatic rings. The van der Waals surface area contributed by atoms with Gasteiger partial charge in [0.15, 0.2) is 0 Å². The van der Waals surface area contributed by atoms with Crippen LogP contribution in [0.15, 0.2) is 24.3 Å². The molecule has 4 aliphatic rings. The number of halogens is 1. The van der Waals surface area contributed by atoms with E-state index in [9.17, 15) is 9.59 Å². The maximum Gasteiger partial charge on any atom is 0.315 e. The zero-order valence-electron chi connectivity index (χ0n) is 14.9. The lowest BCUT2D eigenvalue weighted by Gasteiger charge is -2.56. The van der Waals surface area contributed by atoms with E-state index in [0.717, 1.165) is 37.0 Å². The second-order valence-corrected chi connectivity index (χ2v) is 8.82. The van der Waals surface area contributed by atoms with Gasteiger partial charge in [-0.15, -0.1) is 0 Å². The molecule has 4 aliphatic carbocycles. The summed E-state index contributed by atoms with van der Waals surface area (Å²) >= 11 is 5.83. The summed E-state index contributed by atoms with van der Waals surface area (Å²) in [7, 11) is 0. The average molecular weight is 376 g/mol. The van der Waals surface area contributed by atoms with Gasteiger partial charge < -0.3 is 16.0 Å². The lowest BCUT2D eigenvalue weighted by molar-refractivity contribution is -0.116. The minimum absolute atomic E-state index is 0.00436. The molecule has 0 atom stereocenters. The van der Waals surface area contributed by atoms with E-state index in [1.54, 1.807) is 24.3 Å². The first-order valence-electron chi connectivity index (χ1n) is 9.61. The highest BCUT2D eigenvalue weighted by Crippen LogP contribution is 2.55. The maximum atomic E-state index is 12.3. The first-order chi connectivity index (χ1) is 12.5. The maximum absolute atomic E-state index is 12.3. The van der Waals surface area contributed by atoms with E-state index < -0.39 is 0 Å². The fourth-order valence-electron chi connectivity index (χ4n) is 5.60. The smallest absolute Gasteiger partial charge is 0.315 e. The number of rotatable bonds is 5. The number of hydrogen-bond acceptors (Lipinski definition) is 2. The number of nitrogens with one attached hydrogen (secondary N) is 3. The van der Waals surface area contributed by atoms with Gasteiger partial charge in [0.05, 0.1) is 0 Å². The van der Waals surface area contributed by atoms with Crippen molar-refractivity contribution in [2.75, 3.05) is 11.9 Å². The minimum Gasteiger partial charge on any atom is -0.338 e. The van der Waals surface area contributed by atoms with Gasteiger partial charge in [0, 0.05) is 29.2 Å². The third-order valence-electron chi connectivity index (χ3n) is 6.18. The van der Waals surface area contributed by atoms with Crippen LogP contribution in [0.2, 0.25) is 5.02 Å². The van der Waals surface area contributed by atoms with Crippen LogP contribution >= 0.6 is 11.6 Å². The lowest BCUT2D eigenvalue weighted by atomic mass is 9.53. The molecule has 0 unspecified atom stereocenters. The third-order valence-corrected chi connectivity index (χ3v) is 6.43. The van der Waals surface area contributed by atoms with E-state index >= 15 is 0 Å². The summed E-state index contributed by atoms with van der Waals surface area (Å²) in [6, 6.07) is 6.84. The molecule has 3 amide bonds. The Balaban J connectivity index is 1.21. The highest BCUT2D eigenvalue weighted by atomic mass is 35.5. The van der Waals surface area contributed by atoms with Gasteiger partial charge in [-0.25, -0.2) is 4.79 Å². The van der Waals surface area contributed by atoms with E-state index in [1.165, 1.54) is 19.3 Å². The second-order valence-electron chi connectivity index (χ2n) is 8.38. The Morgan fingerprint density at radius 3 is 2.15 bits per heavy atom. The number of carbonyl (C=O) groups excluding carboxylic acids is 2. The van der Waals surface area contributed by atoms with Crippen LogP contribution in [0.1, 0.15) is 44.9 Å². The fraction of sp³-hybridized carbons (Fsp3) is 0.600. The molecule has 140 valence electrons. The predicted octanol–water partition coefficient (Wildman–Crippen LogP) is 3.94. The molecule has 4 bridgehead atoms. The molecule has 5 rings (SSSR count). The van der Waals surface area contributed by atoms with Gasteiger partial charge >= 0.3 is 6.03 Å². The van der Waals surface area contributed by atoms with Crippen LogP contribution in [0.3, 0.4) is 0 Å². The summed E-state index contributed by atoms with van der Waals surface area (Å²) < 4.78 is 0. The molecule has 5 nitrogen and oxygen atoms in total. The molecule has 0 aliphatic heterocycles. The Labute approximate surface area is 159 Å². The topological polar surface area (TPSA) is 70.2 Å². The minimum atomic E-state index is -0.133. The Hall–Kier alpha value is -1.75. The number of benzene rings is 1. The van der Waals surface area contributed by atoms with Crippen LogP contribution in [-0.2, 0) is 4.79 Å². The van der Waals surface area contributed by atoms with Crippen molar-refractivity contribution in [1.29, 1.82) is 0 Å². The summed E-state index contributed by atoms with van der Waals surface area (Å²) in [6.07, 6.45) is 7.70. The monoisotopic (exact) mass is 375 g/mol. The van der Waals surface area contributed by atoms with E-state index in [1.807, 2.05) is 0 Å². The number of carbonyl (C=O) groups is 2. The quantitative estimate of drug-likeness (QED) is 0.729. The molecule has 0 radical (unpaired) electrons. The summed E-state index contributed by atoms with van der Waals surface area (Å²) in [5, 5.41) is 9.54. The average Bonchev–Trinajstić information content (AvgIpc) is 2.55. The van der Waals surface area contributed by atoms with Crippen molar-refractivity contribution in [2.45, 2.75) is 50.5 Å². The van der Waals surface area contributed by atoms with Crippen molar-refractivity contribution in [3.63, 3.8) is 0 Å². The molecule has 6 heteroatoms. The number of amides is 3. The van der Waals surface area contributed by atoms with Crippen LogP contribution in [0.5, 0.6) is 0 Å². The van der Waals surface area contributed by atoms with E-state index in [0.29, 0.717) is 17.3 Å². The van der Waals surface area contributed by atoms with Gasteiger partial charge in [0.25, 0.3) is 0 Å². The fourth-order valence-corrected chi connectivity index (χ4v) is 5.72. The highest BCUT2D eigenvalue weighted by molar-refractivity contribution is 6.30. The zero-order valence-corrected chi connectivity index (χ0v) is 15.6. The molecule has 3 N–H and O–H groups in total. The van der Waals surface area contributed by atoms with Gasteiger partial charge in [-0.05, 0) is 80.5 Å². The van der Waals surface area contributed by atoms with Crippen LogP contribution in [0, 0.1) is 17.8 Å². The molecule has 0 spiro atoms. The SMILES string of the molecule is O=C(CCNC(=O)NC12CC3CC(CC(C3)C1)C2)Nc1ccc(Cl)cc1. The highest BCUT2D eigenvalue weighted by Gasteiger charge is 2.51. The van der Waals surface area contributed by atoms with Crippen molar-refractivity contribution >= 4 is 29.2 Å². The van der Waals surface area contributed by atoms with E-state index in [-0.39, 0.29) is 23.9 Å². The molecule has 26 heavy (non-hydrogen) atoms. The predicted molar refractivity (Wildman–Crippen MR) is 102 cm³/mol. The molecule has 1 aromatic carbocycles. The number of hydrogen-bond donors (Lipinski definition) is 3. The van der Waals surface area contributed by atoms with Crippen molar-refractivity contribution < 1.29 is 9.59 Å². The standard InChI is InChI=1S/C20H26ClN3O2/c21-16-1-3-17(4-2-16)23-18(25)5-6-22-19(26)24-20-10-13-7-14(11-20)9-15(8-13)12-20/h1-4,13-15H,5-12H2,(H,23,25)(H2,22,24,26). The van der Waals surface area contributed by atoms with Gasteiger partial charge in [-0.3, -0.25) is 4.79 Å². The van der Waals surface area contributed by atoms with E-state index in [4.69, 9.17) is 11.6 Å². The number of anilines is 1. The summed E-state index contributed by atoms with van der Waals surface area (Å²) in [6.45, 7) is 0.331. The van der Waals surface area contributed by atoms with Crippen LogP contribution in [0.25, 0.3) is 0 Å². The van der Waals surface area contributed by atoms with Crippen molar-refractivity contribution in [1.82, 2.24) is 10.6 Å².